The van der Waals surface area contributed by atoms with Crippen LogP contribution in [0.2, 0.25) is 0 Å². The number of anilines is 1. The zero-order chi connectivity index (χ0) is 17.5. The summed E-state index contributed by atoms with van der Waals surface area (Å²) in [5, 5.41) is 6.29. The number of nitrogens with one attached hydrogen (secondary N) is 2. The average Bonchev–Trinajstić information content (AvgIpc) is 2.68. The third-order valence-corrected chi connectivity index (χ3v) is 4.77. The SMILES string of the molecule is CSc1ccc(NC(=O)N2CCNCC2COc2cccnc2)cc1. The van der Waals surface area contributed by atoms with Crippen LogP contribution in [-0.2, 0) is 0 Å². The number of nitrogens with zero attached hydrogens (tertiary/aromatic N) is 2. The highest BCUT2D eigenvalue weighted by Crippen LogP contribution is 2.18. The van der Waals surface area contributed by atoms with E-state index in [-0.39, 0.29) is 12.1 Å². The van der Waals surface area contributed by atoms with Gasteiger partial charge in [0.1, 0.15) is 12.4 Å². The summed E-state index contributed by atoms with van der Waals surface area (Å²) in [6.07, 6.45) is 5.41. The van der Waals surface area contributed by atoms with E-state index in [1.165, 1.54) is 4.90 Å². The predicted octanol–water partition coefficient (Wildman–Crippen LogP) is 2.69. The molecule has 1 aliphatic heterocycles. The summed E-state index contributed by atoms with van der Waals surface area (Å²) in [5.74, 6) is 0.709. The van der Waals surface area contributed by atoms with Gasteiger partial charge in [0.25, 0.3) is 0 Å². The zero-order valence-corrected chi connectivity index (χ0v) is 15.0. The molecule has 2 heterocycles. The van der Waals surface area contributed by atoms with Crippen LogP contribution < -0.4 is 15.4 Å². The molecule has 3 rings (SSSR count). The number of pyridine rings is 1. The standard InChI is InChI=1S/C18H22N4O2S/c1-25-17-6-4-14(5-7-17)21-18(23)22-10-9-20-11-15(22)13-24-16-3-2-8-19-12-16/h2-8,12,15,20H,9-11,13H2,1H3,(H,21,23). The van der Waals surface area contributed by atoms with Crippen LogP contribution in [0.1, 0.15) is 0 Å². The number of carbonyl (C=O) groups excluding carboxylic acids is 1. The number of aromatic nitrogens is 1. The molecule has 1 aromatic heterocycles. The Kier molecular flexibility index (Phi) is 6.14. The molecule has 7 heteroatoms. The van der Waals surface area contributed by atoms with Crippen molar-refractivity contribution >= 4 is 23.5 Å². The Balaban J connectivity index is 1.60. The molecule has 1 aromatic carbocycles. The molecule has 25 heavy (non-hydrogen) atoms. The molecule has 2 N–H and O–H groups in total. The van der Waals surface area contributed by atoms with Crippen LogP contribution in [-0.4, -0.2) is 54.5 Å². The molecule has 1 unspecified atom stereocenters. The lowest BCUT2D eigenvalue weighted by atomic mass is 10.2. The van der Waals surface area contributed by atoms with Gasteiger partial charge >= 0.3 is 6.03 Å². The second kappa shape index (κ2) is 8.73. The smallest absolute Gasteiger partial charge is 0.322 e. The van der Waals surface area contributed by atoms with Crippen LogP contribution in [0.3, 0.4) is 0 Å². The van der Waals surface area contributed by atoms with Crippen molar-refractivity contribution < 1.29 is 9.53 Å². The number of carbonyl (C=O) groups is 1. The van der Waals surface area contributed by atoms with E-state index in [4.69, 9.17) is 4.74 Å². The normalized spacial score (nSPS) is 17.2. The van der Waals surface area contributed by atoms with Crippen molar-refractivity contribution in [3.8, 4) is 5.75 Å². The van der Waals surface area contributed by atoms with Crippen LogP contribution in [0, 0.1) is 0 Å². The van der Waals surface area contributed by atoms with Gasteiger partial charge in [-0.25, -0.2) is 4.79 Å². The Hall–Kier alpha value is -2.25. The van der Waals surface area contributed by atoms with Crippen molar-refractivity contribution in [1.82, 2.24) is 15.2 Å². The number of rotatable bonds is 5. The van der Waals surface area contributed by atoms with Crippen molar-refractivity contribution in [2.75, 3.05) is 37.8 Å². The lowest BCUT2D eigenvalue weighted by molar-refractivity contribution is 0.133. The van der Waals surface area contributed by atoms with Gasteiger partial charge in [-0.2, -0.15) is 0 Å². The van der Waals surface area contributed by atoms with E-state index >= 15 is 0 Å². The molecule has 2 amide bonds. The molecule has 0 bridgehead atoms. The monoisotopic (exact) mass is 358 g/mol. The molecule has 1 atom stereocenters. The van der Waals surface area contributed by atoms with Gasteiger partial charge in [0.05, 0.1) is 12.2 Å². The molecule has 1 fully saturated rings. The molecular weight excluding hydrogens is 336 g/mol. The second-order valence-corrected chi connectivity index (χ2v) is 6.59. The van der Waals surface area contributed by atoms with Gasteiger partial charge in [0.2, 0.25) is 0 Å². The van der Waals surface area contributed by atoms with E-state index < -0.39 is 0 Å². The number of piperazine rings is 1. The number of hydrogen-bond donors (Lipinski definition) is 2. The summed E-state index contributed by atoms with van der Waals surface area (Å²) in [7, 11) is 0. The summed E-state index contributed by atoms with van der Waals surface area (Å²) in [5.41, 5.74) is 0.799. The first-order valence-corrected chi connectivity index (χ1v) is 9.44. The van der Waals surface area contributed by atoms with Gasteiger partial charge in [-0.3, -0.25) is 4.98 Å². The Morgan fingerprint density at radius 1 is 1.40 bits per heavy atom. The van der Waals surface area contributed by atoms with Gasteiger partial charge in [-0.05, 0) is 42.7 Å². The number of ether oxygens (including phenoxy) is 1. The molecule has 1 saturated heterocycles. The van der Waals surface area contributed by atoms with Crippen LogP contribution in [0.5, 0.6) is 5.75 Å². The van der Waals surface area contributed by atoms with Crippen molar-refractivity contribution in [3.63, 3.8) is 0 Å². The fourth-order valence-electron chi connectivity index (χ4n) is 2.67. The zero-order valence-electron chi connectivity index (χ0n) is 14.1. The summed E-state index contributed by atoms with van der Waals surface area (Å²) < 4.78 is 5.78. The van der Waals surface area contributed by atoms with Gasteiger partial charge < -0.3 is 20.3 Å². The van der Waals surface area contributed by atoms with E-state index in [9.17, 15) is 4.79 Å². The molecular formula is C18H22N4O2S. The van der Waals surface area contributed by atoms with E-state index in [0.29, 0.717) is 25.4 Å². The number of benzene rings is 1. The van der Waals surface area contributed by atoms with E-state index in [0.717, 1.165) is 12.2 Å². The Bertz CT molecular complexity index is 681. The molecule has 0 spiro atoms. The predicted molar refractivity (Wildman–Crippen MR) is 100 cm³/mol. The molecule has 0 aliphatic carbocycles. The van der Waals surface area contributed by atoms with Crippen molar-refractivity contribution in [3.05, 3.63) is 48.8 Å². The summed E-state index contributed by atoms with van der Waals surface area (Å²) in [4.78, 5) is 19.7. The fraction of sp³-hybridized carbons (Fsp3) is 0.333. The topological polar surface area (TPSA) is 66.5 Å². The van der Waals surface area contributed by atoms with Crippen LogP contribution in [0.15, 0.2) is 53.7 Å². The lowest BCUT2D eigenvalue weighted by Crippen LogP contribution is -2.57. The summed E-state index contributed by atoms with van der Waals surface area (Å²) in [6, 6.07) is 11.4. The summed E-state index contributed by atoms with van der Waals surface area (Å²) in [6.45, 7) is 2.56. The fourth-order valence-corrected chi connectivity index (χ4v) is 3.08. The van der Waals surface area contributed by atoms with E-state index in [2.05, 4.69) is 15.6 Å². The first-order valence-electron chi connectivity index (χ1n) is 8.21. The quantitative estimate of drug-likeness (QED) is 0.805. The Labute approximate surface area is 152 Å². The van der Waals surface area contributed by atoms with Gasteiger partial charge in [-0.15, -0.1) is 11.8 Å². The maximum atomic E-state index is 12.7. The lowest BCUT2D eigenvalue weighted by Gasteiger charge is -2.35. The number of hydrogen-bond acceptors (Lipinski definition) is 5. The number of urea groups is 1. The van der Waals surface area contributed by atoms with Gasteiger partial charge in [0, 0.05) is 36.4 Å². The number of thioether (sulfide) groups is 1. The Morgan fingerprint density at radius 3 is 2.96 bits per heavy atom. The van der Waals surface area contributed by atoms with Crippen molar-refractivity contribution in [1.29, 1.82) is 0 Å². The molecule has 0 radical (unpaired) electrons. The van der Waals surface area contributed by atoms with Crippen molar-refractivity contribution in [2.24, 2.45) is 0 Å². The summed E-state index contributed by atoms with van der Waals surface area (Å²) >= 11 is 1.68. The minimum Gasteiger partial charge on any atom is -0.490 e. The molecule has 6 nitrogen and oxygen atoms in total. The minimum absolute atomic E-state index is 0.0283. The average molecular weight is 358 g/mol. The Morgan fingerprint density at radius 2 is 2.24 bits per heavy atom. The highest BCUT2D eigenvalue weighted by atomic mass is 32.2. The van der Waals surface area contributed by atoms with E-state index in [1.807, 2.05) is 47.6 Å². The minimum atomic E-state index is -0.0989. The highest BCUT2D eigenvalue weighted by Gasteiger charge is 2.27. The third kappa shape index (κ3) is 4.87. The first kappa shape index (κ1) is 17.6. The molecule has 0 saturated carbocycles. The highest BCUT2D eigenvalue weighted by molar-refractivity contribution is 7.98. The largest absolute Gasteiger partial charge is 0.490 e. The van der Waals surface area contributed by atoms with Crippen LogP contribution >= 0.6 is 11.8 Å². The molecule has 1 aliphatic rings. The maximum absolute atomic E-state index is 12.7. The molecule has 132 valence electrons. The second-order valence-electron chi connectivity index (χ2n) is 5.71. The molecule has 2 aromatic rings. The number of amides is 2. The van der Waals surface area contributed by atoms with Gasteiger partial charge in [-0.1, -0.05) is 0 Å². The van der Waals surface area contributed by atoms with E-state index in [1.54, 1.807) is 24.2 Å². The van der Waals surface area contributed by atoms with Gasteiger partial charge in [0.15, 0.2) is 0 Å². The first-order chi connectivity index (χ1) is 12.3. The maximum Gasteiger partial charge on any atom is 0.322 e. The van der Waals surface area contributed by atoms with Crippen molar-refractivity contribution in [2.45, 2.75) is 10.9 Å². The van der Waals surface area contributed by atoms with Crippen LogP contribution in [0.25, 0.3) is 0 Å². The van der Waals surface area contributed by atoms with Crippen LogP contribution in [0.4, 0.5) is 10.5 Å². The third-order valence-electron chi connectivity index (χ3n) is 4.03.